The Morgan fingerprint density at radius 3 is 0.971 bits per heavy atom. The van der Waals surface area contributed by atoms with Gasteiger partial charge in [-0.3, -0.25) is 9.59 Å². The standard InChI is InChI=1S/C64H42O4S2/c65-59-34-32-51(63(59)57-37-55(43-18-9-3-10-19-43)61(67-47-24-28-49(69)29-25-47)39-53(57)41-14-5-1-6-15-41)45-22-13-23-46(36-45)52-33-35-60(66)64(52)58-38-56(44-20-11-4-12-21-44)62(68-48-26-30-50(70)31-27-48)40-54(58)42-16-7-2-8-17-42/h1-40,69-70H. The molecule has 0 aliphatic heterocycles. The van der Waals surface area contributed by atoms with Gasteiger partial charge in [-0.25, -0.2) is 0 Å². The fraction of sp³-hybridized carbons (Fsp3) is 0. The minimum absolute atomic E-state index is 0.102. The molecule has 0 amide bonds. The van der Waals surface area contributed by atoms with E-state index in [1.807, 2.05) is 188 Å². The molecule has 0 saturated carbocycles. The van der Waals surface area contributed by atoms with E-state index in [9.17, 15) is 9.59 Å². The third kappa shape index (κ3) is 8.90. The van der Waals surface area contributed by atoms with Gasteiger partial charge < -0.3 is 9.47 Å². The number of hydrogen-bond donors (Lipinski definition) is 2. The SMILES string of the molecule is O=C1C=CC(c2cccc(C3=C(c4cc(-c5ccccc5)c(Oc5ccc(S)cc5)cc4-c4ccccc4)C(=O)C=C3)c2)=C1c1cc(-c2ccccc2)c(Oc2ccc(S)cc2)cc1-c1ccccc1. The van der Waals surface area contributed by atoms with Crippen molar-refractivity contribution >= 4 is 59.1 Å². The highest BCUT2D eigenvalue weighted by Crippen LogP contribution is 2.48. The van der Waals surface area contributed by atoms with E-state index in [-0.39, 0.29) is 11.6 Å². The molecular weight excluding hydrogens is 897 g/mol. The molecule has 70 heavy (non-hydrogen) atoms. The molecule has 9 aromatic rings. The molecule has 11 rings (SSSR count). The van der Waals surface area contributed by atoms with Crippen LogP contribution in [0.1, 0.15) is 22.3 Å². The van der Waals surface area contributed by atoms with Crippen LogP contribution in [0.15, 0.2) is 252 Å². The zero-order chi connectivity index (χ0) is 47.6. The molecule has 0 N–H and O–H groups in total. The molecule has 0 spiro atoms. The fourth-order valence-electron chi connectivity index (χ4n) is 9.23. The van der Waals surface area contributed by atoms with E-state index < -0.39 is 0 Å². The third-order valence-corrected chi connectivity index (χ3v) is 13.2. The Balaban J connectivity index is 1.09. The summed E-state index contributed by atoms with van der Waals surface area (Å²) in [4.78, 5) is 30.5. The largest absolute Gasteiger partial charge is 0.457 e. The van der Waals surface area contributed by atoms with Gasteiger partial charge in [0, 0.05) is 32.1 Å². The van der Waals surface area contributed by atoms with Gasteiger partial charge in [0.05, 0.1) is 0 Å². The van der Waals surface area contributed by atoms with Crippen molar-refractivity contribution < 1.29 is 19.1 Å². The van der Waals surface area contributed by atoms with Crippen LogP contribution in [0.2, 0.25) is 0 Å². The highest BCUT2D eigenvalue weighted by Gasteiger charge is 2.29. The first-order chi connectivity index (χ1) is 34.3. The number of carbonyl (C=O) groups is 2. The van der Waals surface area contributed by atoms with E-state index in [1.165, 1.54) is 0 Å². The van der Waals surface area contributed by atoms with Crippen LogP contribution in [0, 0.1) is 0 Å². The summed E-state index contributed by atoms with van der Waals surface area (Å²) in [5.41, 5.74) is 13.1. The quantitative estimate of drug-likeness (QED) is 0.120. The van der Waals surface area contributed by atoms with E-state index in [0.29, 0.717) is 34.1 Å². The number of rotatable bonds is 12. The van der Waals surface area contributed by atoms with Crippen LogP contribution < -0.4 is 9.47 Å². The maximum absolute atomic E-state index is 14.4. The Kier molecular flexibility index (Phi) is 12.2. The molecule has 0 aromatic heterocycles. The van der Waals surface area contributed by atoms with Crippen LogP contribution >= 0.6 is 25.3 Å². The first kappa shape index (κ1) is 44.1. The second kappa shape index (κ2) is 19.3. The summed E-state index contributed by atoms with van der Waals surface area (Å²) < 4.78 is 13.3. The summed E-state index contributed by atoms with van der Waals surface area (Å²) in [6, 6.07) is 71.9. The molecule has 2 aliphatic rings. The van der Waals surface area contributed by atoms with Crippen LogP contribution in [-0.2, 0) is 9.59 Å². The molecule has 4 nitrogen and oxygen atoms in total. The summed E-state index contributed by atoms with van der Waals surface area (Å²) in [5, 5.41) is 0. The first-order valence-electron chi connectivity index (χ1n) is 22.9. The third-order valence-electron chi connectivity index (χ3n) is 12.6. The van der Waals surface area contributed by atoms with Crippen LogP contribution in [0.5, 0.6) is 23.0 Å². The van der Waals surface area contributed by atoms with E-state index >= 15 is 0 Å². The van der Waals surface area contributed by atoms with Crippen molar-refractivity contribution in [3.05, 3.63) is 265 Å². The minimum atomic E-state index is -0.102. The van der Waals surface area contributed by atoms with Gasteiger partial charge in [-0.15, -0.1) is 25.3 Å². The number of carbonyl (C=O) groups excluding carboxylic acids is 2. The average Bonchev–Trinajstić information content (AvgIpc) is 4.00. The molecule has 0 atom stereocenters. The Morgan fingerprint density at radius 1 is 0.286 bits per heavy atom. The average molecular weight is 939 g/mol. The molecule has 2 aliphatic carbocycles. The Hall–Kier alpha value is -8.42. The Bertz CT molecular complexity index is 3360. The molecule has 0 bridgehead atoms. The molecule has 9 aromatic carbocycles. The van der Waals surface area contributed by atoms with Gasteiger partial charge in [0.15, 0.2) is 11.6 Å². The Labute approximate surface area is 418 Å². The molecule has 6 heteroatoms. The van der Waals surface area contributed by atoms with Gasteiger partial charge >= 0.3 is 0 Å². The number of allylic oxidation sites excluding steroid dienone is 8. The lowest BCUT2D eigenvalue weighted by Crippen LogP contribution is -2.02. The maximum atomic E-state index is 14.4. The molecule has 0 heterocycles. The maximum Gasteiger partial charge on any atom is 0.187 e. The first-order valence-corrected chi connectivity index (χ1v) is 23.8. The van der Waals surface area contributed by atoms with Gasteiger partial charge in [0.2, 0.25) is 0 Å². The van der Waals surface area contributed by atoms with Crippen molar-refractivity contribution in [3.63, 3.8) is 0 Å². The van der Waals surface area contributed by atoms with Gasteiger partial charge in [-0.1, -0.05) is 140 Å². The number of ketones is 2. The number of hydrogen-bond acceptors (Lipinski definition) is 6. The van der Waals surface area contributed by atoms with E-state index in [2.05, 4.69) is 67.7 Å². The van der Waals surface area contributed by atoms with Crippen molar-refractivity contribution in [3.8, 4) is 67.5 Å². The van der Waals surface area contributed by atoms with Crippen molar-refractivity contribution in [1.82, 2.24) is 0 Å². The lowest BCUT2D eigenvalue weighted by atomic mass is 9.85. The topological polar surface area (TPSA) is 52.6 Å². The second-order valence-corrected chi connectivity index (χ2v) is 18.0. The summed E-state index contributed by atoms with van der Waals surface area (Å²) in [7, 11) is 0. The highest BCUT2D eigenvalue weighted by molar-refractivity contribution is 7.80. The molecule has 0 unspecified atom stereocenters. The van der Waals surface area contributed by atoms with Crippen LogP contribution in [0.3, 0.4) is 0 Å². The van der Waals surface area contributed by atoms with Crippen molar-refractivity contribution in [1.29, 1.82) is 0 Å². The van der Waals surface area contributed by atoms with Crippen LogP contribution in [0.4, 0.5) is 0 Å². The summed E-state index contributed by atoms with van der Waals surface area (Å²) in [5.74, 6) is 2.43. The van der Waals surface area contributed by atoms with E-state index in [0.717, 1.165) is 87.7 Å². The van der Waals surface area contributed by atoms with Gasteiger partial charge in [0.25, 0.3) is 0 Å². The number of benzene rings is 9. The zero-order valence-electron chi connectivity index (χ0n) is 37.6. The second-order valence-electron chi connectivity index (χ2n) is 17.0. The predicted molar refractivity (Wildman–Crippen MR) is 291 cm³/mol. The number of thiol groups is 2. The van der Waals surface area contributed by atoms with Crippen LogP contribution in [0.25, 0.3) is 66.8 Å². The molecule has 0 fully saturated rings. The molecule has 0 saturated heterocycles. The van der Waals surface area contributed by atoms with Crippen molar-refractivity contribution in [2.45, 2.75) is 9.79 Å². The van der Waals surface area contributed by atoms with E-state index in [1.54, 1.807) is 12.2 Å². The molecule has 0 radical (unpaired) electrons. The lowest BCUT2D eigenvalue weighted by Gasteiger charge is -2.20. The number of ether oxygens (including phenoxy) is 2. The van der Waals surface area contributed by atoms with Gasteiger partial charge in [-0.2, -0.15) is 0 Å². The smallest absolute Gasteiger partial charge is 0.187 e. The van der Waals surface area contributed by atoms with Crippen molar-refractivity contribution in [2.75, 3.05) is 0 Å². The highest BCUT2D eigenvalue weighted by atomic mass is 32.1. The van der Waals surface area contributed by atoms with Gasteiger partial charge in [-0.05, 0) is 170 Å². The zero-order valence-corrected chi connectivity index (χ0v) is 39.4. The van der Waals surface area contributed by atoms with E-state index in [4.69, 9.17) is 9.47 Å². The summed E-state index contributed by atoms with van der Waals surface area (Å²) in [6.07, 6.45) is 7.11. The fourth-order valence-corrected chi connectivity index (χ4v) is 9.53. The predicted octanol–water partition coefficient (Wildman–Crippen LogP) is 16.6. The molecule has 334 valence electrons. The van der Waals surface area contributed by atoms with Crippen LogP contribution in [-0.4, -0.2) is 11.6 Å². The Morgan fingerprint density at radius 2 is 0.614 bits per heavy atom. The normalized spacial score (nSPS) is 13.1. The monoisotopic (exact) mass is 938 g/mol. The van der Waals surface area contributed by atoms with Crippen molar-refractivity contribution in [2.24, 2.45) is 0 Å². The summed E-state index contributed by atoms with van der Waals surface area (Å²) in [6.45, 7) is 0. The lowest BCUT2D eigenvalue weighted by molar-refractivity contribution is -0.110. The minimum Gasteiger partial charge on any atom is -0.457 e. The van der Waals surface area contributed by atoms with Gasteiger partial charge in [0.1, 0.15) is 23.0 Å². The summed E-state index contributed by atoms with van der Waals surface area (Å²) >= 11 is 8.99. The molecular formula is C64H42O4S2.